The lowest BCUT2D eigenvalue weighted by atomic mass is 9.99. The van der Waals surface area contributed by atoms with Gasteiger partial charge in [-0.25, -0.2) is 15.0 Å². The highest BCUT2D eigenvalue weighted by Crippen LogP contribution is 2.29. The summed E-state index contributed by atoms with van der Waals surface area (Å²) in [5.74, 6) is 1.98. The first kappa shape index (κ1) is 23.0. The average Bonchev–Trinajstić information content (AvgIpc) is 2.98. The van der Waals surface area contributed by atoms with Gasteiger partial charge >= 0.3 is 0 Å². The average molecular weight is 540 g/mol. The highest BCUT2D eigenvalue weighted by molar-refractivity contribution is 9.10. The molecular weight excluding hydrogens is 518 g/mol. The molecule has 0 aliphatic rings. The summed E-state index contributed by atoms with van der Waals surface area (Å²) >= 11 is 3.56. The molecule has 0 amide bonds. The molecule has 0 radical (unpaired) electrons. The molecule has 0 fully saturated rings. The minimum atomic E-state index is 0.657. The number of halogens is 1. The van der Waals surface area contributed by atoms with Crippen LogP contribution in [0.4, 0.5) is 0 Å². The number of benzene rings is 5. The summed E-state index contributed by atoms with van der Waals surface area (Å²) < 4.78 is 1.08. The first-order chi connectivity index (χ1) is 18.2. The van der Waals surface area contributed by atoms with Crippen molar-refractivity contribution < 1.29 is 0 Å². The van der Waals surface area contributed by atoms with E-state index in [2.05, 4.69) is 82.7 Å². The van der Waals surface area contributed by atoms with Gasteiger partial charge in [0.1, 0.15) is 0 Å². The third-order valence-corrected chi connectivity index (χ3v) is 6.71. The number of hydrogen-bond donors (Lipinski definition) is 0. The lowest BCUT2D eigenvalue weighted by molar-refractivity contribution is 1.07. The highest BCUT2D eigenvalue weighted by atomic mass is 79.9. The maximum atomic E-state index is 4.83. The van der Waals surface area contributed by atoms with Crippen molar-refractivity contribution >= 4 is 15.9 Å². The van der Waals surface area contributed by atoms with E-state index in [-0.39, 0.29) is 0 Å². The quantitative estimate of drug-likeness (QED) is 0.219. The monoisotopic (exact) mass is 539 g/mol. The van der Waals surface area contributed by atoms with Crippen molar-refractivity contribution in [3.8, 4) is 56.4 Å². The predicted molar refractivity (Wildman–Crippen MR) is 155 cm³/mol. The Morgan fingerprint density at radius 2 is 0.676 bits per heavy atom. The molecule has 6 rings (SSSR count). The van der Waals surface area contributed by atoms with Crippen molar-refractivity contribution in [3.05, 3.63) is 138 Å². The molecule has 0 atom stereocenters. The Morgan fingerprint density at radius 1 is 0.324 bits per heavy atom. The van der Waals surface area contributed by atoms with Crippen LogP contribution >= 0.6 is 15.9 Å². The first-order valence-electron chi connectivity index (χ1n) is 12.1. The molecule has 0 saturated carbocycles. The predicted octanol–water partition coefficient (Wildman–Crippen LogP) is 8.97. The number of aromatic nitrogens is 3. The van der Waals surface area contributed by atoms with E-state index in [0.717, 1.165) is 32.3 Å². The molecule has 4 heteroatoms. The summed E-state index contributed by atoms with van der Waals surface area (Å²) in [4.78, 5) is 14.4. The Labute approximate surface area is 224 Å². The van der Waals surface area contributed by atoms with Crippen molar-refractivity contribution in [2.24, 2.45) is 0 Å². The zero-order chi connectivity index (χ0) is 25.0. The summed E-state index contributed by atoms with van der Waals surface area (Å²) in [6, 6.07) is 45.5. The molecular formula is C33H22BrN3. The van der Waals surface area contributed by atoms with Crippen LogP contribution in [-0.4, -0.2) is 15.0 Å². The van der Waals surface area contributed by atoms with E-state index < -0.39 is 0 Å². The van der Waals surface area contributed by atoms with E-state index in [1.165, 1.54) is 11.1 Å². The van der Waals surface area contributed by atoms with Gasteiger partial charge < -0.3 is 0 Å². The molecule has 0 aliphatic carbocycles. The SMILES string of the molecule is Brc1cccc(-c2ccc(-c3ccc(-c4nc(-c5ccccc5)nc(-c5ccccc5)n4)cc3)cc2)c1. The number of rotatable bonds is 5. The molecule has 37 heavy (non-hydrogen) atoms. The van der Waals surface area contributed by atoms with Gasteiger partial charge in [-0.2, -0.15) is 0 Å². The van der Waals surface area contributed by atoms with Gasteiger partial charge in [0.05, 0.1) is 0 Å². The molecule has 0 saturated heterocycles. The Bertz CT molecular complexity index is 1590. The van der Waals surface area contributed by atoms with Crippen LogP contribution in [0.25, 0.3) is 56.4 Å². The summed E-state index contributed by atoms with van der Waals surface area (Å²) in [5, 5.41) is 0. The summed E-state index contributed by atoms with van der Waals surface area (Å²) in [6.07, 6.45) is 0. The smallest absolute Gasteiger partial charge is 0.164 e. The van der Waals surface area contributed by atoms with Crippen molar-refractivity contribution in [1.29, 1.82) is 0 Å². The fraction of sp³-hybridized carbons (Fsp3) is 0. The van der Waals surface area contributed by atoms with E-state index in [9.17, 15) is 0 Å². The van der Waals surface area contributed by atoms with E-state index in [1.54, 1.807) is 0 Å². The van der Waals surface area contributed by atoms with Crippen molar-refractivity contribution in [2.45, 2.75) is 0 Å². The van der Waals surface area contributed by atoms with E-state index in [0.29, 0.717) is 17.5 Å². The van der Waals surface area contributed by atoms with Crippen LogP contribution in [0.1, 0.15) is 0 Å². The van der Waals surface area contributed by atoms with E-state index in [4.69, 9.17) is 15.0 Å². The zero-order valence-corrected chi connectivity index (χ0v) is 21.5. The summed E-state index contributed by atoms with van der Waals surface area (Å²) in [7, 11) is 0. The second-order valence-electron chi connectivity index (χ2n) is 8.70. The van der Waals surface area contributed by atoms with Gasteiger partial charge in [-0.1, -0.05) is 137 Å². The van der Waals surface area contributed by atoms with Crippen LogP contribution in [0.5, 0.6) is 0 Å². The Morgan fingerprint density at radius 3 is 1.11 bits per heavy atom. The fourth-order valence-corrected chi connectivity index (χ4v) is 4.67. The van der Waals surface area contributed by atoms with E-state index in [1.807, 2.05) is 66.7 Å². The van der Waals surface area contributed by atoms with Gasteiger partial charge in [-0.3, -0.25) is 0 Å². The van der Waals surface area contributed by atoms with Crippen LogP contribution in [0, 0.1) is 0 Å². The van der Waals surface area contributed by atoms with Crippen LogP contribution in [0.15, 0.2) is 138 Å². The summed E-state index contributed by atoms with van der Waals surface area (Å²) in [5.41, 5.74) is 7.56. The van der Waals surface area contributed by atoms with Crippen molar-refractivity contribution in [2.75, 3.05) is 0 Å². The first-order valence-corrected chi connectivity index (χ1v) is 12.9. The van der Waals surface area contributed by atoms with Crippen LogP contribution < -0.4 is 0 Å². The van der Waals surface area contributed by atoms with Crippen LogP contribution in [0.2, 0.25) is 0 Å². The van der Waals surface area contributed by atoms with E-state index >= 15 is 0 Å². The third kappa shape index (κ3) is 5.11. The lowest BCUT2D eigenvalue weighted by Crippen LogP contribution is -2.00. The Hall–Kier alpha value is -4.41. The van der Waals surface area contributed by atoms with Gasteiger partial charge in [0, 0.05) is 21.2 Å². The van der Waals surface area contributed by atoms with Crippen LogP contribution in [-0.2, 0) is 0 Å². The van der Waals surface area contributed by atoms with Crippen molar-refractivity contribution in [1.82, 2.24) is 15.0 Å². The van der Waals surface area contributed by atoms with Crippen LogP contribution in [0.3, 0.4) is 0 Å². The molecule has 176 valence electrons. The highest BCUT2D eigenvalue weighted by Gasteiger charge is 2.12. The third-order valence-electron chi connectivity index (χ3n) is 6.22. The largest absolute Gasteiger partial charge is 0.208 e. The summed E-state index contributed by atoms with van der Waals surface area (Å²) in [6.45, 7) is 0. The minimum absolute atomic E-state index is 0.657. The van der Waals surface area contributed by atoms with Gasteiger partial charge in [-0.05, 0) is 34.4 Å². The molecule has 1 heterocycles. The minimum Gasteiger partial charge on any atom is -0.208 e. The Balaban J connectivity index is 1.34. The van der Waals surface area contributed by atoms with Gasteiger partial charge in [0.2, 0.25) is 0 Å². The zero-order valence-electron chi connectivity index (χ0n) is 19.9. The number of hydrogen-bond acceptors (Lipinski definition) is 3. The topological polar surface area (TPSA) is 38.7 Å². The standard InChI is InChI=1S/C33H22BrN3/c34-30-13-7-12-29(22-30)25-16-14-23(15-17-25)24-18-20-28(21-19-24)33-36-31(26-8-3-1-4-9-26)35-32(37-33)27-10-5-2-6-11-27/h1-22H. The van der Waals surface area contributed by atoms with Gasteiger partial charge in [0.25, 0.3) is 0 Å². The molecule has 0 N–H and O–H groups in total. The second kappa shape index (κ2) is 10.3. The molecule has 0 bridgehead atoms. The molecule has 0 unspecified atom stereocenters. The van der Waals surface area contributed by atoms with Gasteiger partial charge in [0.15, 0.2) is 17.5 Å². The molecule has 5 aromatic carbocycles. The lowest BCUT2D eigenvalue weighted by Gasteiger charge is -2.09. The van der Waals surface area contributed by atoms with Crippen molar-refractivity contribution in [3.63, 3.8) is 0 Å². The Kier molecular flexibility index (Phi) is 6.40. The normalized spacial score (nSPS) is 10.8. The molecule has 6 aromatic rings. The maximum Gasteiger partial charge on any atom is 0.164 e. The second-order valence-corrected chi connectivity index (χ2v) is 9.62. The maximum absolute atomic E-state index is 4.83. The molecule has 0 aliphatic heterocycles. The molecule has 0 spiro atoms. The fourth-order valence-electron chi connectivity index (χ4n) is 4.27. The number of nitrogens with zero attached hydrogens (tertiary/aromatic N) is 3. The molecule has 3 nitrogen and oxygen atoms in total. The molecule has 1 aromatic heterocycles. The van der Waals surface area contributed by atoms with Gasteiger partial charge in [-0.15, -0.1) is 0 Å².